The minimum atomic E-state index is -1.07. The van der Waals surface area contributed by atoms with Gasteiger partial charge in [0.15, 0.2) is 5.82 Å². The van der Waals surface area contributed by atoms with E-state index in [0.29, 0.717) is 46.4 Å². The lowest BCUT2D eigenvalue weighted by Crippen LogP contribution is -2.57. The van der Waals surface area contributed by atoms with Gasteiger partial charge in [-0.15, -0.1) is 0 Å². The third-order valence-electron chi connectivity index (χ3n) is 7.23. The maximum absolute atomic E-state index is 12.4. The molecule has 0 bridgehead atoms. The summed E-state index contributed by atoms with van der Waals surface area (Å²) < 4.78 is 24.3. The van der Waals surface area contributed by atoms with Gasteiger partial charge in [-0.2, -0.15) is 0 Å². The van der Waals surface area contributed by atoms with E-state index < -0.39 is 29.7 Å². The van der Waals surface area contributed by atoms with Crippen molar-refractivity contribution in [3.8, 4) is 11.5 Å². The highest BCUT2D eigenvalue weighted by atomic mass is 79.9. The van der Waals surface area contributed by atoms with Gasteiger partial charge < -0.3 is 29.4 Å². The number of carboxylic acid groups (broad SMARTS) is 1. The number of carbonyl (C=O) groups excluding carboxylic acids is 1. The molecule has 1 amide bonds. The van der Waals surface area contributed by atoms with Gasteiger partial charge in [-0.05, 0) is 48.8 Å². The van der Waals surface area contributed by atoms with Crippen LogP contribution < -0.4 is 14.8 Å². The van der Waals surface area contributed by atoms with Crippen molar-refractivity contribution in [1.29, 1.82) is 0 Å². The van der Waals surface area contributed by atoms with E-state index in [1.165, 1.54) is 12.0 Å². The van der Waals surface area contributed by atoms with Crippen molar-refractivity contribution in [2.75, 3.05) is 52.9 Å². The molecule has 3 heterocycles. The Kier molecular flexibility index (Phi) is 9.79. The van der Waals surface area contributed by atoms with Crippen molar-refractivity contribution in [3.05, 3.63) is 46.6 Å². The predicted molar refractivity (Wildman–Crippen MR) is 158 cm³/mol. The number of hydrogen-bond donors (Lipinski definition) is 2. The van der Waals surface area contributed by atoms with Gasteiger partial charge in [-0.1, -0.05) is 0 Å². The summed E-state index contributed by atoms with van der Waals surface area (Å²) in [4.78, 5) is 36.9. The largest absolute Gasteiger partial charge is 0.497 e. The van der Waals surface area contributed by atoms with E-state index >= 15 is 0 Å². The van der Waals surface area contributed by atoms with Gasteiger partial charge in [0, 0.05) is 42.7 Å². The normalized spacial score (nSPS) is 17.4. The number of carbonyl (C=O) groups is 2. The van der Waals surface area contributed by atoms with Gasteiger partial charge in [0.2, 0.25) is 0 Å². The molecule has 42 heavy (non-hydrogen) atoms. The number of ether oxygens (including phenoxy) is 4. The molecule has 1 saturated heterocycles. The van der Waals surface area contributed by atoms with E-state index in [-0.39, 0.29) is 19.7 Å². The van der Waals surface area contributed by atoms with Crippen molar-refractivity contribution < 1.29 is 33.6 Å². The van der Waals surface area contributed by atoms with E-state index in [4.69, 9.17) is 23.9 Å². The first-order valence-electron chi connectivity index (χ1n) is 13.4. The van der Waals surface area contributed by atoms with E-state index in [1.807, 2.05) is 48.3 Å². The molecule has 0 radical (unpaired) electrons. The van der Waals surface area contributed by atoms with E-state index in [9.17, 15) is 14.7 Å². The number of morpholine rings is 1. The molecule has 0 aliphatic carbocycles. The number of hydrogen-bond acceptors (Lipinski definition) is 10. The fraction of sp³-hybridized carbons (Fsp3) is 0.500. The third kappa shape index (κ3) is 6.88. The average molecular weight is 650 g/mol. The summed E-state index contributed by atoms with van der Waals surface area (Å²) in [5.41, 5.74) is 1.20. The summed E-state index contributed by atoms with van der Waals surface area (Å²) in [6.07, 6.45) is 1.71. The zero-order chi connectivity index (χ0) is 30.6. The van der Waals surface area contributed by atoms with Crippen molar-refractivity contribution in [2.45, 2.75) is 45.0 Å². The Morgan fingerprint density at radius 3 is 2.64 bits per heavy atom. The van der Waals surface area contributed by atoms with Gasteiger partial charge in [0.1, 0.15) is 33.5 Å². The quantitative estimate of drug-likeness (QED) is 0.310. The summed E-state index contributed by atoms with van der Waals surface area (Å²) in [5.74, 6) is 2.10. The number of rotatable bonds is 10. The molecule has 1 aliphatic heterocycles. The lowest BCUT2D eigenvalue weighted by molar-refractivity contribution is -0.144. The van der Waals surface area contributed by atoms with Crippen LogP contribution in [-0.4, -0.2) is 100 Å². The highest BCUT2D eigenvalue weighted by molar-refractivity contribution is 9.10. The molecule has 4 rings (SSSR count). The molecule has 2 atom stereocenters. The molecule has 13 nitrogen and oxygen atoms in total. The van der Waals surface area contributed by atoms with Crippen LogP contribution in [0.1, 0.15) is 38.3 Å². The number of benzene rings is 1. The number of imidazole rings is 1. The number of aromatic nitrogens is 3. The van der Waals surface area contributed by atoms with Crippen LogP contribution in [0.4, 0.5) is 10.6 Å². The molecule has 1 fully saturated rings. The minimum absolute atomic E-state index is 0.0381. The molecule has 1 aliphatic rings. The molecule has 14 heteroatoms. The Morgan fingerprint density at radius 2 is 2.00 bits per heavy atom. The molecule has 1 aromatic carbocycles. The lowest BCUT2D eigenvalue weighted by atomic mass is 10.0. The second-order valence-electron chi connectivity index (χ2n) is 10.8. The molecule has 2 aromatic heterocycles. The molecule has 0 saturated carbocycles. The summed E-state index contributed by atoms with van der Waals surface area (Å²) in [7, 11) is 4.54. The molecule has 0 spiro atoms. The highest BCUT2D eigenvalue weighted by Crippen LogP contribution is 2.33. The second kappa shape index (κ2) is 13.1. The summed E-state index contributed by atoms with van der Waals surface area (Å²) in [6, 6.07) is 5.10. The van der Waals surface area contributed by atoms with Crippen LogP contribution in [0.5, 0.6) is 11.5 Å². The zero-order valence-corrected chi connectivity index (χ0v) is 26.2. The van der Waals surface area contributed by atoms with Gasteiger partial charge in [-0.3, -0.25) is 19.0 Å². The van der Waals surface area contributed by atoms with Crippen LogP contribution in [0.3, 0.4) is 0 Å². The van der Waals surface area contributed by atoms with Crippen LogP contribution in [0.25, 0.3) is 5.52 Å². The van der Waals surface area contributed by atoms with Crippen LogP contribution >= 0.6 is 15.9 Å². The van der Waals surface area contributed by atoms with Gasteiger partial charge >= 0.3 is 12.1 Å². The Hall–Kier alpha value is -3.62. The Labute approximate surface area is 252 Å². The SMILES string of the molecule is COC(=O)CN(CC1COC(c2nc(Br)c3c(NCc4ccc(OC)cc4OC)nccn23)CN1C(=O)O)C(C)(C)C. The number of amides is 1. The van der Waals surface area contributed by atoms with Crippen LogP contribution in [-0.2, 0) is 20.8 Å². The fourth-order valence-electron chi connectivity index (χ4n) is 4.84. The van der Waals surface area contributed by atoms with Crippen molar-refractivity contribution in [1.82, 2.24) is 24.2 Å². The van der Waals surface area contributed by atoms with E-state index in [0.717, 1.165) is 5.56 Å². The zero-order valence-electron chi connectivity index (χ0n) is 24.6. The average Bonchev–Trinajstić information content (AvgIpc) is 3.31. The number of nitrogens with zero attached hydrogens (tertiary/aromatic N) is 5. The Balaban J connectivity index is 1.55. The molecule has 3 aromatic rings. The summed E-state index contributed by atoms with van der Waals surface area (Å²) in [5, 5.41) is 13.5. The molecule has 228 valence electrons. The van der Waals surface area contributed by atoms with Crippen LogP contribution in [0.15, 0.2) is 35.2 Å². The highest BCUT2D eigenvalue weighted by Gasteiger charge is 2.38. The summed E-state index contributed by atoms with van der Waals surface area (Å²) >= 11 is 3.56. The monoisotopic (exact) mass is 648 g/mol. The van der Waals surface area contributed by atoms with Gasteiger partial charge in [-0.25, -0.2) is 14.8 Å². The Morgan fingerprint density at radius 1 is 1.24 bits per heavy atom. The molecular weight excluding hydrogens is 612 g/mol. The van der Waals surface area contributed by atoms with Crippen LogP contribution in [0.2, 0.25) is 0 Å². The number of anilines is 1. The standard InChI is InChI=1S/C28H37BrN6O7/c1-28(2,3)33(15-22(36)41-6)13-18-16-42-21(14-35(18)27(37)38)26-32-24(29)23-25(30-9-10-34(23)26)31-12-17-7-8-19(39-4)11-20(17)40-5/h7-11,18,21H,12-16H2,1-6H3,(H,30,31)(H,37,38). The summed E-state index contributed by atoms with van der Waals surface area (Å²) in [6.45, 7) is 6.86. The van der Waals surface area contributed by atoms with Gasteiger partial charge in [0.25, 0.3) is 0 Å². The van der Waals surface area contributed by atoms with Crippen LogP contribution in [0, 0.1) is 0 Å². The number of methoxy groups -OCH3 is 3. The minimum Gasteiger partial charge on any atom is -0.497 e. The first-order valence-corrected chi connectivity index (χ1v) is 14.2. The Bertz CT molecular complexity index is 1430. The maximum atomic E-state index is 12.4. The predicted octanol–water partition coefficient (Wildman–Crippen LogP) is 3.81. The third-order valence-corrected chi connectivity index (χ3v) is 7.79. The number of fused-ring (bicyclic) bond motifs is 1. The second-order valence-corrected chi connectivity index (χ2v) is 11.6. The molecule has 2 N–H and O–H groups in total. The lowest BCUT2D eigenvalue weighted by Gasteiger charge is -2.43. The number of esters is 1. The van der Waals surface area contributed by atoms with Crippen molar-refractivity contribution in [3.63, 3.8) is 0 Å². The number of halogens is 1. The fourth-order valence-corrected chi connectivity index (χ4v) is 5.40. The van der Waals surface area contributed by atoms with Crippen molar-refractivity contribution in [2.24, 2.45) is 0 Å². The van der Waals surface area contributed by atoms with Crippen molar-refractivity contribution >= 4 is 39.3 Å². The topological polar surface area (TPSA) is 140 Å². The smallest absolute Gasteiger partial charge is 0.407 e. The first kappa shape index (κ1) is 31.3. The van der Waals surface area contributed by atoms with E-state index in [1.54, 1.807) is 26.6 Å². The van der Waals surface area contributed by atoms with E-state index in [2.05, 4.69) is 26.2 Å². The first-order chi connectivity index (χ1) is 20.0. The molecular formula is C28H37BrN6O7. The van der Waals surface area contributed by atoms with Gasteiger partial charge in [0.05, 0.1) is 47.1 Å². The number of nitrogens with one attached hydrogen (secondary N) is 1. The molecule has 2 unspecified atom stereocenters. The maximum Gasteiger partial charge on any atom is 0.407 e.